The Morgan fingerprint density at radius 1 is 1.22 bits per heavy atom. The van der Waals surface area contributed by atoms with Crippen LogP contribution in [-0.4, -0.2) is 47.0 Å². The van der Waals surface area contributed by atoms with Gasteiger partial charge in [0.1, 0.15) is 12.1 Å². The number of rotatable bonds is 3. The van der Waals surface area contributed by atoms with Gasteiger partial charge in [-0.25, -0.2) is 4.79 Å². The lowest BCUT2D eigenvalue weighted by Crippen LogP contribution is -2.54. The lowest BCUT2D eigenvalue weighted by Gasteiger charge is -2.36. The fourth-order valence-corrected chi connectivity index (χ4v) is 4.67. The first-order valence-corrected chi connectivity index (χ1v) is 9.63. The molecule has 3 aliphatic rings. The van der Waals surface area contributed by atoms with Crippen LogP contribution < -0.4 is 10.6 Å². The van der Waals surface area contributed by atoms with Crippen LogP contribution in [0.15, 0.2) is 0 Å². The predicted octanol–water partition coefficient (Wildman–Crippen LogP) is 2.72. The van der Waals surface area contributed by atoms with E-state index in [2.05, 4.69) is 10.6 Å². The fraction of sp³-hybridized carbons (Fsp3) is 0.833. The minimum absolute atomic E-state index is 0.0124. The summed E-state index contributed by atoms with van der Waals surface area (Å²) in [6.45, 7) is 1.46. The topological polar surface area (TPSA) is 78.5 Å². The summed E-state index contributed by atoms with van der Waals surface area (Å²) in [5.74, 6) is -2.42. The van der Waals surface area contributed by atoms with Crippen LogP contribution in [0, 0.1) is 11.8 Å². The molecule has 0 aromatic carbocycles. The fourth-order valence-electron chi connectivity index (χ4n) is 4.67. The standard InChI is InChI=1S/C18H26F3N3O3/c1-11-5-2-3-8-17(11)15(26)24(16(27)23-17)10-14(25)22-13-7-4-6-12(9-13)18(19,20)21/h11-13H,2-10H2,1H3,(H,22,25)(H,23,27). The molecule has 4 amide bonds. The third-order valence-electron chi connectivity index (χ3n) is 6.31. The number of hydrogen-bond donors (Lipinski definition) is 2. The van der Waals surface area contributed by atoms with E-state index in [1.165, 1.54) is 0 Å². The number of halogens is 3. The summed E-state index contributed by atoms with van der Waals surface area (Å²) in [7, 11) is 0. The summed E-state index contributed by atoms with van der Waals surface area (Å²) in [6, 6.07) is -1.18. The summed E-state index contributed by atoms with van der Waals surface area (Å²) >= 11 is 0. The Hall–Kier alpha value is -1.80. The zero-order valence-corrected chi connectivity index (χ0v) is 15.4. The highest BCUT2D eigenvalue weighted by atomic mass is 19.4. The largest absolute Gasteiger partial charge is 0.391 e. The SMILES string of the molecule is CC1CCCCC12NC(=O)N(CC(=O)NC1CCCC(C(F)(F)F)C1)C2=O. The highest BCUT2D eigenvalue weighted by Gasteiger charge is 2.55. The molecule has 1 aliphatic heterocycles. The molecule has 0 bridgehead atoms. The number of carbonyl (C=O) groups is 3. The lowest BCUT2D eigenvalue weighted by atomic mass is 9.73. The van der Waals surface area contributed by atoms with Crippen molar-refractivity contribution in [3.8, 4) is 0 Å². The highest BCUT2D eigenvalue weighted by molar-refractivity contribution is 6.09. The molecule has 0 aromatic rings. The number of imide groups is 1. The minimum Gasteiger partial charge on any atom is -0.352 e. The molecule has 0 radical (unpaired) electrons. The van der Waals surface area contributed by atoms with E-state index in [4.69, 9.17) is 0 Å². The number of hydrogen-bond acceptors (Lipinski definition) is 3. The number of nitrogens with zero attached hydrogens (tertiary/aromatic N) is 1. The Balaban J connectivity index is 1.59. The zero-order chi connectivity index (χ0) is 19.8. The Kier molecular flexibility index (Phi) is 5.40. The molecule has 1 spiro atoms. The van der Waals surface area contributed by atoms with Crippen LogP contribution in [0.3, 0.4) is 0 Å². The Bertz CT molecular complexity index is 625. The smallest absolute Gasteiger partial charge is 0.352 e. The molecule has 0 aromatic heterocycles. The molecule has 2 saturated carbocycles. The first-order chi connectivity index (χ1) is 12.6. The van der Waals surface area contributed by atoms with Gasteiger partial charge in [0.15, 0.2) is 0 Å². The monoisotopic (exact) mass is 389 g/mol. The second-order valence-corrected chi connectivity index (χ2v) is 8.11. The van der Waals surface area contributed by atoms with Crippen LogP contribution in [0.5, 0.6) is 0 Å². The van der Waals surface area contributed by atoms with Gasteiger partial charge in [0, 0.05) is 6.04 Å². The van der Waals surface area contributed by atoms with E-state index in [1.807, 2.05) is 6.92 Å². The van der Waals surface area contributed by atoms with Gasteiger partial charge >= 0.3 is 12.2 Å². The number of urea groups is 1. The van der Waals surface area contributed by atoms with E-state index in [0.717, 1.165) is 24.2 Å². The average molecular weight is 389 g/mol. The lowest BCUT2D eigenvalue weighted by molar-refractivity contribution is -0.184. The van der Waals surface area contributed by atoms with E-state index in [1.54, 1.807) is 0 Å². The van der Waals surface area contributed by atoms with Gasteiger partial charge in [-0.3, -0.25) is 14.5 Å². The maximum absolute atomic E-state index is 12.9. The average Bonchev–Trinajstić information content (AvgIpc) is 2.82. The van der Waals surface area contributed by atoms with E-state index in [-0.39, 0.29) is 18.8 Å². The highest BCUT2D eigenvalue weighted by Crippen LogP contribution is 2.39. The van der Waals surface area contributed by atoms with Crippen molar-refractivity contribution in [2.45, 2.75) is 76.0 Å². The molecule has 3 rings (SSSR count). The van der Waals surface area contributed by atoms with Crippen molar-refractivity contribution in [2.24, 2.45) is 11.8 Å². The zero-order valence-electron chi connectivity index (χ0n) is 15.4. The molecule has 6 nitrogen and oxygen atoms in total. The molecule has 4 atom stereocenters. The van der Waals surface area contributed by atoms with Crippen LogP contribution in [0.25, 0.3) is 0 Å². The van der Waals surface area contributed by atoms with Crippen molar-refractivity contribution < 1.29 is 27.6 Å². The van der Waals surface area contributed by atoms with E-state index < -0.39 is 48.1 Å². The van der Waals surface area contributed by atoms with Crippen LogP contribution >= 0.6 is 0 Å². The van der Waals surface area contributed by atoms with Crippen LogP contribution in [0.4, 0.5) is 18.0 Å². The van der Waals surface area contributed by atoms with Crippen LogP contribution in [0.1, 0.15) is 58.3 Å². The van der Waals surface area contributed by atoms with E-state index in [0.29, 0.717) is 19.3 Å². The predicted molar refractivity (Wildman–Crippen MR) is 90.6 cm³/mol. The molecular formula is C18H26F3N3O3. The maximum Gasteiger partial charge on any atom is 0.391 e. The number of amides is 4. The maximum atomic E-state index is 12.9. The second kappa shape index (κ2) is 7.31. The Morgan fingerprint density at radius 3 is 2.63 bits per heavy atom. The molecule has 152 valence electrons. The number of carbonyl (C=O) groups excluding carboxylic acids is 3. The van der Waals surface area contributed by atoms with Crippen molar-refractivity contribution in [1.82, 2.24) is 15.5 Å². The van der Waals surface area contributed by atoms with Gasteiger partial charge in [-0.1, -0.05) is 26.2 Å². The summed E-state index contributed by atoms with van der Waals surface area (Å²) in [6.07, 6.45) is -0.290. The normalized spacial score (nSPS) is 34.7. The number of alkyl halides is 3. The Labute approximate surface area is 156 Å². The van der Waals surface area contributed by atoms with Gasteiger partial charge in [0.25, 0.3) is 5.91 Å². The van der Waals surface area contributed by atoms with Gasteiger partial charge in [-0.2, -0.15) is 13.2 Å². The first-order valence-electron chi connectivity index (χ1n) is 9.63. The summed E-state index contributed by atoms with van der Waals surface area (Å²) in [5.41, 5.74) is -0.943. The van der Waals surface area contributed by atoms with E-state index >= 15 is 0 Å². The van der Waals surface area contributed by atoms with Crippen molar-refractivity contribution in [3.63, 3.8) is 0 Å². The molecule has 9 heteroatoms. The van der Waals surface area contributed by atoms with Crippen molar-refractivity contribution in [2.75, 3.05) is 6.54 Å². The summed E-state index contributed by atoms with van der Waals surface area (Å²) in [4.78, 5) is 38.3. The van der Waals surface area contributed by atoms with Gasteiger partial charge in [-0.15, -0.1) is 0 Å². The minimum atomic E-state index is -4.27. The Morgan fingerprint density at radius 2 is 1.96 bits per heavy atom. The third-order valence-corrected chi connectivity index (χ3v) is 6.31. The van der Waals surface area contributed by atoms with Crippen LogP contribution in [0.2, 0.25) is 0 Å². The molecular weight excluding hydrogens is 363 g/mol. The summed E-state index contributed by atoms with van der Waals surface area (Å²) in [5, 5.41) is 5.34. The quantitative estimate of drug-likeness (QED) is 0.729. The molecule has 1 heterocycles. The molecule has 2 aliphatic carbocycles. The van der Waals surface area contributed by atoms with E-state index in [9.17, 15) is 27.6 Å². The first kappa shape index (κ1) is 19.9. The molecule has 1 saturated heterocycles. The molecule has 3 fully saturated rings. The van der Waals surface area contributed by atoms with Crippen LogP contribution in [-0.2, 0) is 9.59 Å². The van der Waals surface area contributed by atoms with Gasteiger partial charge in [-0.05, 0) is 38.0 Å². The van der Waals surface area contributed by atoms with Crippen molar-refractivity contribution >= 4 is 17.8 Å². The molecule has 2 N–H and O–H groups in total. The molecule has 27 heavy (non-hydrogen) atoms. The van der Waals surface area contributed by atoms with Crippen molar-refractivity contribution in [1.29, 1.82) is 0 Å². The van der Waals surface area contributed by atoms with Gasteiger partial charge in [0.2, 0.25) is 5.91 Å². The number of nitrogens with one attached hydrogen (secondary N) is 2. The van der Waals surface area contributed by atoms with Gasteiger partial charge < -0.3 is 10.6 Å². The second-order valence-electron chi connectivity index (χ2n) is 8.11. The van der Waals surface area contributed by atoms with Crippen molar-refractivity contribution in [3.05, 3.63) is 0 Å². The third kappa shape index (κ3) is 3.91. The van der Waals surface area contributed by atoms with Gasteiger partial charge in [0.05, 0.1) is 5.92 Å². The molecule has 4 unspecified atom stereocenters. The summed E-state index contributed by atoms with van der Waals surface area (Å²) < 4.78 is 38.7.